The highest BCUT2D eigenvalue weighted by atomic mass is 35.5. The van der Waals surface area contributed by atoms with Gasteiger partial charge in [0, 0.05) is 6.54 Å². The lowest BCUT2D eigenvalue weighted by Gasteiger charge is -2.17. The fraction of sp³-hybridized carbons (Fsp3) is 0.647. The normalized spacial score (nSPS) is 10.8. The summed E-state index contributed by atoms with van der Waals surface area (Å²) in [7, 11) is 4.14. The van der Waals surface area contributed by atoms with Gasteiger partial charge in [0.05, 0.1) is 4.58 Å². The Bertz CT molecular complexity index is 383. The molecule has 5 heteroatoms. The van der Waals surface area contributed by atoms with Gasteiger partial charge < -0.3 is 9.64 Å². The van der Waals surface area contributed by atoms with Crippen molar-refractivity contribution < 1.29 is 4.74 Å². The second kappa shape index (κ2) is 13.4. The molecule has 0 heterocycles. The first kappa shape index (κ1) is 22.0. The molecule has 1 aromatic rings. The highest BCUT2D eigenvalue weighted by Gasteiger charge is 2.12. The van der Waals surface area contributed by atoms with Crippen LogP contribution in [0, 0.1) is 0 Å². The first-order valence-corrected chi connectivity index (χ1v) is 9.87. The molecule has 1 rings (SSSR count). The Kier molecular flexibility index (Phi) is 13.4. The molecule has 0 radical (unpaired) electrons. The number of thioether (sulfide) groups is 2. The predicted octanol–water partition coefficient (Wildman–Crippen LogP) is 5.33. The summed E-state index contributed by atoms with van der Waals surface area (Å²) in [6.45, 7) is 6.18. The van der Waals surface area contributed by atoms with E-state index in [0.29, 0.717) is 4.58 Å². The Hall–Kier alpha value is -0.0300. The SMILES string of the molecule is CCCSC(SCCC)c1cccc(OCCN(C)C)c1.Cl. The van der Waals surface area contributed by atoms with Crippen LogP contribution in [0.15, 0.2) is 24.3 Å². The second-order valence-electron chi connectivity index (χ2n) is 5.30. The van der Waals surface area contributed by atoms with E-state index in [4.69, 9.17) is 4.74 Å². The average Bonchev–Trinajstić information content (AvgIpc) is 2.47. The molecule has 0 aliphatic carbocycles. The van der Waals surface area contributed by atoms with Crippen LogP contribution in [0.2, 0.25) is 0 Å². The summed E-state index contributed by atoms with van der Waals surface area (Å²) in [6.07, 6.45) is 2.46. The van der Waals surface area contributed by atoms with Crippen LogP contribution in [0.25, 0.3) is 0 Å². The van der Waals surface area contributed by atoms with Crippen molar-refractivity contribution >= 4 is 35.9 Å². The van der Waals surface area contributed by atoms with Crippen LogP contribution in [0.4, 0.5) is 0 Å². The van der Waals surface area contributed by atoms with Gasteiger partial charge in [-0.2, -0.15) is 0 Å². The molecular weight excluding hydrogens is 334 g/mol. The van der Waals surface area contributed by atoms with E-state index in [1.54, 1.807) is 0 Å². The minimum absolute atomic E-state index is 0. The summed E-state index contributed by atoms with van der Waals surface area (Å²) >= 11 is 4.10. The highest BCUT2D eigenvalue weighted by Crippen LogP contribution is 2.40. The molecule has 128 valence electrons. The van der Waals surface area contributed by atoms with Crippen LogP contribution in [-0.2, 0) is 0 Å². The molecule has 0 saturated carbocycles. The summed E-state index contributed by atoms with van der Waals surface area (Å²) in [6, 6.07) is 8.62. The van der Waals surface area contributed by atoms with Crippen molar-refractivity contribution in [1.82, 2.24) is 4.90 Å². The fourth-order valence-corrected chi connectivity index (χ4v) is 4.33. The zero-order chi connectivity index (χ0) is 15.5. The number of halogens is 1. The van der Waals surface area contributed by atoms with Gasteiger partial charge in [0.1, 0.15) is 12.4 Å². The number of benzene rings is 1. The Morgan fingerprint density at radius 2 is 1.73 bits per heavy atom. The van der Waals surface area contributed by atoms with Crippen molar-refractivity contribution in [3.8, 4) is 5.75 Å². The molecule has 2 nitrogen and oxygen atoms in total. The van der Waals surface area contributed by atoms with Gasteiger partial charge >= 0.3 is 0 Å². The van der Waals surface area contributed by atoms with Crippen molar-refractivity contribution in [2.24, 2.45) is 0 Å². The van der Waals surface area contributed by atoms with E-state index in [1.165, 1.54) is 29.9 Å². The number of nitrogens with zero attached hydrogens (tertiary/aromatic N) is 1. The number of likely N-dealkylation sites (N-methyl/N-ethyl adjacent to an activating group) is 1. The summed E-state index contributed by atoms with van der Waals surface area (Å²) in [5, 5.41) is 0. The third-order valence-electron chi connectivity index (χ3n) is 2.88. The third kappa shape index (κ3) is 9.19. The Labute approximate surface area is 151 Å². The van der Waals surface area contributed by atoms with Crippen molar-refractivity contribution in [3.05, 3.63) is 29.8 Å². The highest BCUT2D eigenvalue weighted by molar-refractivity contribution is 8.16. The largest absolute Gasteiger partial charge is 0.492 e. The standard InChI is InChI=1S/C17H29NOS2.ClH/c1-5-12-20-17(21-13-6-2)15-8-7-9-16(14-15)19-11-10-18(3)4;/h7-9,14,17H,5-6,10-13H2,1-4H3;1H. The zero-order valence-corrected chi connectivity index (χ0v) is 16.7. The number of rotatable bonds is 11. The molecule has 0 unspecified atom stereocenters. The molecule has 0 fully saturated rings. The summed E-state index contributed by atoms with van der Waals surface area (Å²) in [5.41, 5.74) is 1.38. The number of hydrogen-bond donors (Lipinski definition) is 0. The van der Waals surface area contributed by atoms with Crippen LogP contribution in [0.3, 0.4) is 0 Å². The summed E-state index contributed by atoms with van der Waals surface area (Å²) in [5.74, 6) is 3.42. The van der Waals surface area contributed by atoms with Crippen LogP contribution in [0.5, 0.6) is 5.75 Å². The van der Waals surface area contributed by atoms with Crippen molar-refractivity contribution in [2.45, 2.75) is 31.3 Å². The van der Waals surface area contributed by atoms with E-state index in [-0.39, 0.29) is 12.4 Å². The summed E-state index contributed by atoms with van der Waals surface area (Å²) in [4.78, 5) is 2.14. The van der Waals surface area contributed by atoms with E-state index in [1.807, 2.05) is 0 Å². The maximum atomic E-state index is 5.86. The van der Waals surface area contributed by atoms with Crippen molar-refractivity contribution in [1.29, 1.82) is 0 Å². The second-order valence-corrected chi connectivity index (χ2v) is 8.02. The lowest BCUT2D eigenvalue weighted by molar-refractivity contribution is 0.261. The quantitative estimate of drug-likeness (QED) is 0.492. The monoisotopic (exact) mass is 363 g/mol. The van der Waals surface area contributed by atoms with E-state index in [0.717, 1.165) is 18.9 Å². The Morgan fingerprint density at radius 3 is 2.27 bits per heavy atom. The number of hydrogen-bond acceptors (Lipinski definition) is 4. The molecule has 0 spiro atoms. The molecule has 0 aromatic heterocycles. The third-order valence-corrected chi connectivity index (χ3v) is 6.14. The first-order valence-electron chi connectivity index (χ1n) is 7.78. The Balaban J connectivity index is 0.00000441. The van der Waals surface area contributed by atoms with Crippen LogP contribution >= 0.6 is 35.9 Å². The summed E-state index contributed by atoms with van der Waals surface area (Å²) < 4.78 is 6.39. The van der Waals surface area contributed by atoms with Gasteiger partial charge in [0.2, 0.25) is 0 Å². The smallest absolute Gasteiger partial charge is 0.119 e. The minimum Gasteiger partial charge on any atom is -0.492 e. The van der Waals surface area contributed by atoms with E-state index < -0.39 is 0 Å². The first-order chi connectivity index (χ1) is 10.2. The van der Waals surface area contributed by atoms with Gasteiger partial charge in [0.15, 0.2) is 0 Å². The van der Waals surface area contributed by atoms with E-state index in [9.17, 15) is 0 Å². The molecule has 22 heavy (non-hydrogen) atoms. The van der Waals surface area contributed by atoms with Gasteiger partial charge in [-0.1, -0.05) is 26.0 Å². The van der Waals surface area contributed by atoms with Gasteiger partial charge in [0.25, 0.3) is 0 Å². The maximum absolute atomic E-state index is 5.86. The molecular formula is C17H30ClNOS2. The predicted molar refractivity (Wildman–Crippen MR) is 106 cm³/mol. The minimum atomic E-state index is 0. The lowest BCUT2D eigenvalue weighted by atomic mass is 10.2. The molecule has 0 atom stereocenters. The van der Waals surface area contributed by atoms with Crippen LogP contribution in [0.1, 0.15) is 36.8 Å². The van der Waals surface area contributed by atoms with Gasteiger partial charge in [-0.05, 0) is 56.1 Å². The molecule has 1 aromatic carbocycles. The fourth-order valence-electron chi connectivity index (χ4n) is 1.79. The number of ether oxygens (including phenoxy) is 1. The zero-order valence-electron chi connectivity index (χ0n) is 14.2. The molecule has 0 saturated heterocycles. The lowest BCUT2D eigenvalue weighted by Crippen LogP contribution is -2.19. The molecule has 0 bridgehead atoms. The molecule has 0 aliphatic rings. The molecule has 0 aliphatic heterocycles. The van der Waals surface area contributed by atoms with Crippen LogP contribution < -0.4 is 4.74 Å². The molecule has 0 amide bonds. The van der Waals surface area contributed by atoms with Gasteiger partial charge in [-0.3, -0.25) is 0 Å². The molecule has 0 N–H and O–H groups in total. The maximum Gasteiger partial charge on any atom is 0.119 e. The topological polar surface area (TPSA) is 12.5 Å². The average molecular weight is 364 g/mol. The van der Waals surface area contributed by atoms with Gasteiger partial charge in [-0.15, -0.1) is 35.9 Å². The van der Waals surface area contributed by atoms with E-state index in [2.05, 4.69) is 80.6 Å². The van der Waals surface area contributed by atoms with Crippen molar-refractivity contribution in [2.75, 3.05) is 38.8 Å². The van der Waals surface area contributed by atoms with Crippen molar-refractivity contribution in [3.63, 3.8) is 0 Å². The van der Waals surface area contributed by atoms with Crippen LogP contribution in [-0.4, -0.2) is 43.7 Å². The Morgan fingerprint density at radius 1 is 1.09 bits per heavy atom. The van der Waals surface area contributed by atoms with Gasteiger partial charge in [-0.25, -0.2) is 0 Å². The van der Waals surface area contributed by atoms with E-state index >= 15 is 0 Å².